The van der Waals surface area contributed by atoms with E-state index >= 15 is 0 Å². The maximum atomic E-state index is 3.68. The molecule has 0 N–H and O–H groups in total. The molecule has 0 heterocycles. The van der Waals surface area contributed by atoms with Crippen LogP contribution < -0.4 is 0 Å². The van der Waals surface area contributed by atoms with Gasteiger partial charge in [0.25, 0.3) is 0 Å². The van der Waals surface area contributed by atoms with Crippen LogP contribution in [0.3, 0.4) is 0 Å². The van der Waals surface area contributed by atoms with Crippen LogP contribution in [0.5, 0.6) is 0 Å². The van der Waals surface area contributed by atoms with E-state index in [9.17, 15) is 0 Å². The van der Waals surface area contributed by atoms with Gasteiger partial charge in [0, 0.05) is 27.8 Å². The van der Waals surface area contributed by atoms with Crippen molar-refractivity contribution < 1.29 is 0 Å². The monoisotopic (exact) mass is 381 g/mol. The Morgan fingerprint density at radius 1 is 0.600 bits per heavy atom. The van der Waals surface area contributed by atoms with Crippen molar-refractivity contribution in [2.75, 3.05) is 0 Å². The quantitative estimate of drug-likeness (QED) is 0.213. The Bertz CT molecular complexity index is 928. The maximum Gasteiger partial charge on any atom is 0.0259 e. The van der Waals surface area contributed by atoms with Crippen LogP contribution in [0.1, 0.15) is 0 Å². The predicted molar refractivity (Wildman–Crippen MR) is 92.4 cm³/mol. The summed E-state index contributed by atoms with van der Waals surface area (Å²) in [5, 5.41) is 7.75. The molecule has 20 heavy (non-hydrogen) atoms. The second-order valence-corrected chi connectivity index (χ2v) is 5.68. The summed E-state index contributed by atoms with van der Waals surface area (Å²) in [6.07, 6.45) is 0. The Morgan fingerprint density at radius 3 is 2.05 bits per heavy atom. The summed E-state index contributed by atoms with van der Waals surface area (Å²) in [5.41, 5.74) is 0. The molecular weight excluding hydrogens is 371 g/mol. The van der Waals surface area contributed by atoms with Crippen LogP contribution >= 0.6 is 15.9 Å². The second-order valence-electron chi connectivity index (χ2n) is 4.82. The first-order valence-corrected chi connectivity index (χ1v) is 7.12. The van der Waals surface area contributed by atoms with Crippen LogP contribution in [0.4, 0.5) is 0 Å². The molecule has 0 unspecified atom stereocenters. The SMILES string of the molecule is Brc1cccc2ccc3cc4ccccc4cc3c12.[As]. The zero-order valence-corrected chi connectivity index (χ0v) is 14.1. The normalized spacial score (nSPS) is 10.8. The average Bonchev–Trinajstić information content (AvgIpc) is 2.45. The summed E-state index contributed by atoms with van der Waals surface area (Å²) >= 11 is 3.68. The molecule has 0 aliphatic carbocycles. The van der Waals surface area contributed by atoms with Gasteiger partial charge in [-0.15, -0.1) is 0 Å². The number of hydrogen-bond donors (Lipinski definition) is 0. The molecule has 0 aliphatic rings. The number of hydrogen-bond acceptors (Lipinski definition) is 0. The molecule has 2 heteroatoms. The van der Waals surface area contributed by atoms with Crippen LogP contribution in [0, 0.1) is 0 Å². The molecule has 0 bridgehead atoms. The Morgan fingerprint density at radius 2 is 1.25 bits per heavy atom. The van der Waals surface area contributed by atoms with Crippen molar-refractivity contribution in [1.82, 2.24) is 0 Å². The Hall–Kier alpha value is -1.30. The molecule has 4 rings (SSSR count). The van der Waals surface area contributed by atoms with Gasteiger partial charge in [0.2, 0.25) is 0 Å². The van der Waals surface area contributed by atoms with E-state index in [4.69, 9.17) is 0 Å². The van der Waals surface area contributed by atoms with E-state index in [1.807, 2.05) is 0 Å². The first kappa shape index (κ1) is 13.7. The smallest absolute Gasteiger partial charge is 0.0259 e. The van der Waals surface area contributed by atoms with Crippen molar-refractivity contribution in [1.29, 1.82) is 0 Å². The molecule has 95 valence electrons. The van der Waals surface area contributed by atoms with E-state index in [-0.39, 0.29) is 18.0 Å². The predicted octanol–water partition coefficient (Wildman–Crippen LogP) is 5.53. The molecule has 0 atom stereocenters. The number of fused-ring (bicyclic) bond motifs is 4. The summed E-state index contributed by atoms with van der Waals surface area (Å²) in [6, 6.07) is 23.8. The summed E-state index contributed by atoms with van der Waals surface area (Å²) in [5.74, 6) is 0. The molecule has 0 nitrogen and oxygen atoms in total. The minimum absolute atomic E-state index is 0. The average molecular weight is 382 g/mol. The first-order valence-electron chi connectivity index (χ1n) is 6.33. The van der Waals surface area contributed by atoms with Crippen LogP contribution in [-0.4, -0.2) is 18.0 Å². The fraction of sp³-hybridized carbons (Fsp3) is 0. The Kier molecular flexibility index (Phi) is 3.58. The van der Waals surface area contributed by atoms with E-state index in [0.29, 0.717) is 0 Å². The molecule has 0 amide bonds. The van der Waals surface area contributed by atoms with Crippen LogP contribution in [0.2, 0.25) is 0 Å². The molecule has 4 aromatic carbocycles. The summed E-state index contributed by atoms with van der Waals surface area (Å²) in [6.45, 7) is 0. The van der Waals surface area contributed by atoms with Crippen LogP contribution in [-0.2, 0) is 0 Å². The van der Waals surface area contributed by atoms with Crippen molar-refractivity contribution in [2.24, 2.45) is 0 Å². The number of halogens is 1. The van der Waals surface area contributed by atoms with E-state index < -0.39 is 0 Å². The van der Waals surface area contributed by atoms with Gasteiger partial charge in [-0.25, -0.2) is 0 Å². The molecule has 3 radical (unpaired) electrons. The van der Waals surface area contributed by atoms with Gasteiger partial charge in [-0.05, 0) is 45.1 Å². The minimum Gasteiger partial charge on any atom is -0.0616 e. The molecular formula is C18H11AsBr. The van der Waals surface area contributed by atoms with Gasteiger partial charge >= 0.3 is 0 Å². The fourth-order valence-corrected chi connectivity index (χ4v) is 3.35. The van der Waals surface area contributed by atoms with Crippen LogP contribution in [0.25, 0.3) is 32.3 Å². The molecule has 0 saturated heterocycles. The summed E-state index contributed by atoms with van der Waals surface area (Å²) in [4.78, 5) is 0. The topological polar surface area (TPSA) is 0 Å². The number of benzene rings is 4. The molecule has 0 aromatic heterocycles. The van der Waals surface area contributed by atoms with Gasteiger partial charge in [0.1, 0.15) is 0 Å². The van der Waals surface area contributed by atoms with E-state index in [2.05, 4.69) is 82.7 Å². The third kappa shape index (κ3) is 2.06. The van der Waals surface area contributed by atoms with E-state index in [1.165, 1.54) is 32.3 Å². The molecule has 0 saturated carbocycles. The van der Waals surface area contributed by atoms with Gasteiger partial charge in [0.15, 0.2) is 0 Å². The van der Waals surface area contributed by atoms with E-state index in [0.717, 1.165) is 4.47 Å². The summed E-state index contributed by atoms with van der Waals surface area (Å²) < 4.78 is 1.16. The largest absolute Gasteiger partial charge is 0.0616 e. The second kappa shape index (κ2) is 5.24. The van der Waals surface area contributed by atoms with Gasteiger partial charge < -0.3 is 0 Å². The van der Waals surface area contributed by atoms with Crippen molar-refractivity contribution in [3.05, 3.63) is 71.2 Å². The third-order valence-electron chi connectivity index (χ3n) is 3.68. The van der Waals surface area contributed by atoms with Crippen molar-refractivity contribution in [3.63, 3.8) is 0 Å². The van der Waals surface area contributed by atoms with Gasteiger partial charge in [-0.2, -0.15) is 0 Å². The molecule has 0 fully saturated rings. The summed E-state index contributed by atoms with van der Waals surface area (Å²) in [7, 11) is 0. The molecule has 4 aromatic rings. The van der Waals surface area contributed by atoms with Gasteiger partial charge in [-0.3, -0.25) is 0 Å². The van der Waals surface area contributed by atoms with E-state index in [1.54, 1.807) is 0 Å². The third-order valence-corrected chi connectivity index (χ3v) is 4.34. The molecule has 0 aliphatic heterocycles. The Balaban J connectivity index is 0.00000121. The minimum atomic E-state index is 0. The Labute approximate surface area is 137 Å². The molecule has 0 spiro atoms. The zero-order chi connectivity index (χ0) is 12.8. The maximum absolute atomic E-state index is 3.68. The van der Waals surface area contributed by atoms with Crippen molar-refractivity contribution in [3.8, 4) is 0 Å². The van der Waals surface area contributed by atoms with Crippen molar-refractivity contribution >= 4 is 66.2 Å². The fourth-order valence-electron chi connectivity index (χ4n) is 2.76. The van der Waals surface area contributed by atoms with Crippen molar-refractivity contribution in [2.45, 2.75) is 0 Å². The number of rotatable bonds is 0. The first-order chi connectivity index (χ1) is 9.33. The van der Waals surface area contributed by atoms with Gasteiger partial charge in [0.05, 0.1) is 0 Å². The van der Waals surface area contributed by atoms with Crippen LogP contribution in [0.15, 0.2) is 71.2 Å². The standard InChI is InChI=1S/C18H11Br.As/c19-17-7-3-6-12-8-9-15-10-13-4-1-2-5-14(13)11-16(15)18(12)17;/h1-11H;. The zero-order valence-electron chi connectivity index (χ0n) is 10.7. The van der Waals surface area contributed by atoms with Gasteiger partial charge in [-0.1, -0.05) is 64.5 Å².